The Kier molecular flexibility index (Phi) is 5.84. The molecule has 3 rings (SSSR count). The summed E-state index contributed by atoms with van der Waals surface area (Å²) in [5, 5.41) is 10.2. The third kappa shape index (κ3) is 4.43. The van der Waals surface area contributed by atoms with E-state index in [0.29, 0.717) is 47.1 Å². The molecule has 0 fully saturated rings. The fourth-order valence-corrected chi connectivity index (χ4v) is 2.78. The second kappa shape index (κ2) is 8.48. The van der Waals surface area contributed by atoms with Gasteiger partial charge in [-0.3, -0.25) is 4.79 Å². The molecule has 0 heterocycles. The number of phenols is 1. The van der Waals surface area contributed by atoms with E-state index in [4.69, 9.17) is 15.2 Å². The number of aromatic hydroxyl groups is 1. The van der Waals surface area contributed by atoms with Crippen molar-refractivity contribution in [3.05, 3.63) is 77.4 Å². The summed E-state index contributed by atoms with van der Waals surface area (Å²) in [5.74, 6) is 1.81. The molecule has 3 aromatic rings. The largest absolute Gasteiger partial charge is 0.507 e. The van der Waals surface area contributed by atoms with Gasteiger partial charge in [-0.2, -0.15) is 0 Å². The molecule has 0 bridgehead atoms. The molecule has 0 amide bonds. The van der Waals surface area contributed by atoms with Crippen molar-refractivity contribution in [1.82, 2.24) is 0 Å². The molecule has 5 nitrogen and oxygen atoms in total. The summed E-state index contributed by atoms with van der Waals surface area (Å²) in [5.41, 5.74) is 8.24. The molecule has 5 heteroatoms. The Morgan fingerprint density at radius 2 is 1.79 bits per heavy atom. The number of nitrogens with two attached hydrogens (primary N) is 1. The lowest BCUT2D eigenvalue weighted by Crippen LogP contribution is -2.01. The first-order chi connectivity index (χ1) is 13.5. The highest BCUT2D eigenvalue weighted by Gasteiger charge is 2.14. The van der Waals surface area contributed by atoms with Crippen LogP contribution in [-0.2, 0) is 6.61 Å². The lowest BCUT2D eigenvalue weighted by Gasteiger charge is -2.13. The van der Waals surface area contributed by atoms with Crippen molar-refractivity contribution >= 4 is 11.5 Å². The van der Waals surface area contributed by atoms with Crippen molar-refractivity contribution < 1.29 is 19.4 Å². The summed E-state index contributed by atoms with van der Waals surface area (Å²) in [4.78, 5) is 11.8. The number of benzene rings is 3. The molecule has 0 aliphatic heterocycles. The predicted molar refractivity (Wildman–Crippen MR) is 109 cm³/mol. The van der Waals surface area contributed by atoms with E-state index in [1.54, 1.807) is 38.1 Å². The van der Waals surface area contributed by atoms with Crippen LogP contribution in [-0.4, -0.2) is 10.9 Å². The summed E-state index contributed by atoms with van der Waals surface area (Å²) < 4.78 is 11.6. The molecule has 0 radical (unpaired) electrons. The first kappa shape index (κ1) is 19.3. The molecule has 3 N–H and O–H groups in total. The highest BCUT2D eigenvalue weighted by Crippen LogP contribution is 2.32. The summed E-state index contributed by atoms with van der Waals surface area (Å²) in [6, 6.07) is 18.1. The van der Waals surface area contributed by atoms with Crippen LogP contribution in [0.25, 0.3) is 0 Å². The van der Waals surface area contributed by atoms with Gasteiger partial charge in [0.15, 0.2) is 5.78 Å². The van der Waals surface area contributed by atoms with E-state index >= 15 is 0 Å². The fraction of sp³-hybridized carbons (Fsp3) is 0.174. The van der Waals surface area contributed by atoms with E-state index in [2.05, 4.69) is 0 Å². The third-order valence-corrected chi connectivity index (χ3v) is 4.41. The Hall–Kier alpha value is -3.47. The lowest BCUT2D eigenvalue weighted by molar-refractivity contribution is 0.0985. The predicted octanol–water partition coefficient (Wildman–Crippen LogP) is 5.25. The van der Waals surface area contributed by atoms with Crippen LogP contribution in [0, 0.1) is 6.92 Å². The highest BCUT2D eigenvalue weighted by atomic mass is 16.5. The maximum absolute atomic E-state index is 11.8. The number of ether oxygens (including phenoxy) is 2. The maximum atomic E-state index is 11.8. The minimum absolute atomic E-state index is 0.0183. The van der Waals surface area contributed by atoms with Crippen molar-refractivity contribution in [2.45, 2.75) is 26.9 Å². The molecular weight excluding hydrogens is 354 g/mol. The van der Waals surface area contributed by atoms with Gasteiger partial charge in [0.1, 0.15) is 29.6 Å². The highest BCUT2D eigenvalue weighted by molar-refractivity contribution is 5.99. The Bertz CT molecular complexity index is 980. The Labute approximate surface area is 164 Å². The van der Waals surface area contributed by atoms with E-state index in [9.17, 15) is 9.90 Å². The topological polar surface area (TPSA) is 81.8 Å². The monoisotopic (exact) mass is 377 g/mol. The minimum Gasteiger partial charge on any atom is -0.507 e. The zero-order chi connectivity index (χ0) is 20.1. The Morgan fingerprint density at radius 3 is 2.46 bits per heavy atom. The molecule has 0 unspecified atom stereocenters. The van der Waals surface area contributed by atoms with Gasteiger partial charge in [0, 0.05) is 23.7 Å². The molecule has 144 valence electrons. The van der Waals surface area contributed by atoms with Gasteiger partial charge in [-0.25, -0.2) is 0 Å². The zero-order valence-electron chi connectivity index (χ0n) is 15.9. The van der Waals surface area contributed by atoms with Gasteiger partial charge >= 0.3 is 0 Å². The molecule has 28 heavy (non-hydrogen) atoms. The van der Waals surface area contributed by atoms with Gasteiger partial charge in [0.05, 0.1) is 5.56 Å². The van der Waals surface area contributed by atoms with Crippen LogP contribution >= 0.6 is 0 Å². The van der Waals surface area contributed by atoms with Crippen LogP contribution in [0.2, 0.25) is 0 Å². The second-order valence-corrected chi connectivity index (χ2v) is 6.47. The third-order valence-electron chi connectivity index (χ3n) is 4.41. The first-order valence-corrected chi connectivity index (χ1v) is 9.09. The van der Waals surface area contributed by atoms with Crippen LogP contribution < -0.4 is 15.2 Å². The molecule has 0 atom stereocenters. The number of carbonyl (C=O) groups is 1. The summed E-state index contributed by atoms with van der Waals surface area (Å²) in [6.07, 6.45) is 0.344. The second-order valence-electron chi connectivity index (χ2n) is 6.47. The van der Waals surface area contributed by atoms with Crippen LogP contribution in [0.5, 0.6) is 23.0 Å². The first-order valence-electron chi connectivity index (χ1n) is 9.09. The number of ketones is 1. The van der Waals surface area contributed by atoms with Crippen LogP contribution in [0.3, 0.4) is 0 Å². The molecular formula is C23H23NO4. The van der Waals surface area contributed by atoms with Crippen LogP contribution in [0.15, 0.2) is 60.7 Å². The van der Waals surface area contributed by atoms with Crippen molar-refractivity contribution in [2.24, 2.45) is 0 Å². The average molecular weight is 377 g/mol. The Balaban J connectivity index is 1.65. The van der Waals surface area contributed by atoms with Crippen molar-refractivity contribution in [3.8, 4) is 23.0 Å². The number of phenolic OH excluding ortho intramolecular Hbond substituents is 1. The van der Waals surface area contributed by atoms with Crippen molar-refractivity contribution in [2.75, 3.05) is 5.73 Å². The molecule has 0 saturated carbocycles. The Morgan fingerprint density at radius 1 is 1.04 bits per heavy atom. The molecule has 0 aliphatic carbocycles. The normalized spacial score (nSPS) is 10.5. The summed E-state index contributed by atoms with van der Waals surface area (Å²) in [6.45, 7) is 3.83. The molecule has 0 aromatic heterocycles. The van der Waals surface area contributed by atoms with Crippen molar-refractivity contribution in [3.63, 3.8) is 0 Å². The smallest absolute Gasteiger partial charge is 0.166 e. The van der Waals surface area contributed by atoms with E-state index in [1.807, 2.05) is 36.4 Å². The minimum atomic E-state index is -0.0945. The summed E-state index contributed by atoms with van der Waals surface area (Å²) in [7, 11) is 0. The SMILES string of the molecule is CCC(=O)c1ccc(OCc2ccc(Oc3cccc(N)c3)cc2)c(C)c1O. The zero-order valence-corrected chi connectivity index (χ0v) is 15.9. The van der Waals surface area contributed by atoms with Gasteiger partial charge in [-0.15, -0.1) is 0 Å². The lowest BCUT2D eigenvalue weighted by atomic mass is 10.0. The number of anilines is 1. The van der Waals surface area contributed by atoms with Gasteiger partial charge in [0.25, 0.3) is 0 Å². The van der Waals surface area contributed by atoms with Gasteiger partial charge in [0.2, 0.25) is 0 Å². The van der Waals surface area contributed by atoms with Crippen LogP contribution in [0.1, 0.15) is 34.8 Å². The van der Waals surface area contributed by atoms with E-state index in [1.165, 1.54) is 0 Å². The van der Waals surface area contributed by atoms with Gasteiger partial charge in [-0.05, 0) is 48.9 Å². The van der Waals surface area contributed by atoms with Gasteiger partial charge < -0.3 is 20.3 Å². The van der Waals surface area contributed by atoms with Crippen molar-refractivity contribution in [1.29, 1.82) is 0 Å². The maximum Gasteiger partial charge on any atom is 0.166 e. The van der Waals surface area contributed by atoms with E-state index < -0.39 is 0 Å². The fourth-order valence-electron chi connectivity index (χ4n) is 2.78. The number of rotatable bonds is 7. The van der Waals surface area contributed by atoms with E-state index in [-0.39, 0.29) is 11.5 Å². The standard InChI is InChI=1S/C23H23NO4/c1-3-21(25)20-11-12-22(15(2)23(20)26)27-14-16-7-9-18(10-8-16)28-19-6-4-5-17(24)13-19/h4-13,26H,3,14,24H2,1-2H3. The quantitative estimate of drug-likeness (QED) is 0.434. The number of Topliss-reactive ketones (excluding diaryl/α,β-unsaturated/α-hetero) is 1. The number of nitrogen functional groups attached to an aromatic ring is 1. The van der Waals surface area contributed by atoms with Crippen LogP contribution in [0.4, 0.5) is 5.69 Å². The number of hydrogen-bond acceptors (Lipinski definition) is 5. The average Bonchev–Trinajstić information content (AvgIpc) is 2.70. The van der Waals surface area contributed by atoms with E-state index in [0.717, 1.165) is 5.56 Å². The molecule has 3 aromatic carbocycles. The number of hydrogen-bond donors (Lipinski definition) is 2. The number of carbonyl (C=O) groups excluding carboxylic acids is 1. The molecule has 0 aliphatic rings. The molecule has 0 saturated heterocycles. The summed E-state index contributed by atoms with van der Waals surface area (Å²) >= 11 is 0. The molecule has 0 spiro atoms. The van der Waals surface area contributed by atoms with Gasteiger partial charge in [-0.1, -0.05) is 25.1 Å².